The number of fused-ring (bicyclic) bond motifs is 1. The number of nitrogens with zero attached hydrogens (tertiary/aromatic N) is 2. The lowest BCUT2D eigenvalue weighted by Gasteiger charge is -2.19. The number of hydrogen-bond donors (Lipinski definition) is 1. The van der Waals surface area contributed by atoms with Crippen LogP contribution in [0.1, 0.15) is 12.7 Å². The smallest absolute Gasteiger partial charge is 0.199 e. The molecule has 0 unspecified atom stereocenters. The van der Waals surface area contributed by atoms with Crippen LogP contribution in [0.15, 0.2) is 18.2 Å². The fraction of sp³-hybridized carbons (Fsp3) is 0.333. The molecule has 2 heterocycles. The van der Waals surface area contributed by atoms with Gasteiger partial charge in [-0.05, 0) is 24.4 Å². The normalized spacial score (nSPS) is 13.6. The van der Waals surface area contributed by atoms with Crippen LogP contribution in [0.2, 0.25) is 0 Å². The Morgan fingerprint density at radius 3 is 2.89 bits per heavy atom. The number of aryl methyl sites for hydroxylation is 1. The van der Waals surface area contributed by atoms with Crippen molar-refractivity contribution in [2.24, 2.45) is 0 Å². The van der Waals surface area contributed by atoms with Crippen LogP contribution >= 0.6 is 12.2 Å². The highest BCUT2D eigenvalue weighted by atomic mass is 32.1. The molecular formula is C12H13N3O2S. The molecular weight excluding hydrogens is 250 g/mol. The molecule has 1 aromatic carbocycles. The number of rotatable bonds is 2. The maximum atomic E-state index is 5.57. The number of aromatic nitrogens is 3. The molecule has 3 rings (SSSR count). The molecule has 0 amide bonds. The summed E-state index contributed by atoms with van der Waals surface area (Å²) in [6, 6.07) is 5.79. The molecule has 18 heavy (non-hydrogen) atoms. The van der Waals surface area contributed by atoms with Crippen LogP contribution in [0.3, 0.4) is 0 Å². The first-order valence-electron chi connectivity index (χ1n) is 5.86. The van der Waals surface area contributed by atoms with E-state index in [0.29, 0.717) is 18.0 Å². The fourth-order valence-electron chi connectivity index (χ4n) is 2.00. The zero-order chi connectivity index (χ0) is 12.5. The summed E-state index contributed by atoms with van der Waals surface area (Å²) in [7, 11) is 0. The van der Waals surface area contributed by atoms with Crippen LogP contribution < -0.4 is 9.47 Å². The summed E-state index contributed by atoms with van der Waals surface area (Å²) in [6.45, 7) is 3.21. The molecule has 1 aliphatic heterocycles. The van der Waals surface area contributed by atoms with E-state index < -0.39 is 0 Å². The Labute approximate surface area is 109 Å². The van der Waals surface area contributed by atoms with E-state index in [9.17, 15) is 0 Å². The van der Waals surface area contributed by atoms with Gasteiger partial charge in [0.2, 0.25) is 0 Å². The second kappa shape index (κ2) is 4.45. The summed E-state index contributed by atoms with van der Waals surface area (Å²) in [5.41, 5.74) is 0.940. The summed E-state index contributed by atoms with van der Waals surface area (Å²) in [5.74, 6) is 2.43. The lowest BCUT2D eigenvalue weighted by Crippen LogP contribution is -2.15. The van der Waals surface area contributed by atoms with E-state index in [2.05, 4.69) is 10.2 Å². The Hall–Kier alpha value is -1.82. The summed E-state index contributed by atoms with van der Waals surface area (Å²) in [4.78, 5) is 0. The molecule has 1 aliphatic rings. The minimum Gasteiger partial charge on any atom is -0.486 e. The fourth-order valence-corrected chi connectivity index (χ4v) is 2.26. The monoisotopic (exact) mass is 263 g/mol. The van der Waals surface area contributed by atoms with Crippen LogP contribution in [0.4, 0.5) is 0 Å². The van der Waals surface area contributed by atoms with E-state index in [1.165, 1.54) is 0 Å². The van der Waals surface area contributed by atoms with Gasteiger partial charge in [-0.25, -0.2) is 0 Å². The van der Waals surface area contributed by atoms with Gasteiger partial charge in [0.1, 0.15) is 19.0 Å². The Kier molecular flexibility index (Phi) is 2.79. The second-order valence-electron chi connectivity index (χ2n) is 3.96. The third-order valence-electron chi connectivity index (χ3n) is 2.84. The highest BCUT2D eigenvalue weighted by Crippen LogP contribution is 2.32. The van der Waals surface area contributed by atoms with Gasteiger partial charge >= 0.3 is 0 Å². The van der Waals surface area contributed by atoms with Crippen LogP contribution in [0.25, 0.3) is 5.69 Å². The first-order valence-corrected chi connectivity index (χ1v) is 6.26. The van der Waals surface area contributed by atoms with Gasteiger partial charge < -0.3 is 9.47 Å². The van der Waals surface area contributed by atoms with Crippen molar-refractivity contribution in [3.05, 3.63) is 28.8 Å². The van der Waals surface area contributed by atoms with Gasteiger partial charge in [-0.1, -0.05) is 6.92 Å². The van der Waals surface area contributed by atoms with Crippen LogP contribution in [-0.4, -0.2) is 28.0 Å². The number of nitrogens with one attached hydrogen (secondary N) is 1. The van der Waals surface area contributed by atoms with Crippen molar-refractivity contribution in [3.8, 4) is 17.2 Å². The molecule has 6 heteroatoms. The van der Waals surface area contributed by atoms with Gasteiger partial charge in [-0.3, -0.25) is 9.67 Å². The van der Waals surface area contributed by atoms with Crippen molar-refractivity contribution in [2.45, 2.75) is 13.3 Å². The topological polar surface area (TPSA) is 52.1 Å². The molecule has 0 aliphatic carbocycles. The summed E-state index contributed by atoms with van der Waals surface area (Å²) >= 11 is 5.25. The molecule has 5 nitrogen and oxygen atoms in total. The molecule has 1 aromatic heterocycles. The predicted octanol–water partition coefficient (Wildman–Crippen LogP) is 2.26. The molecule has 2 aromatic rings. The molecule has 94 valence electrons. The zero-order valence-electron chi connectivity index (χ0n) is 9.97. The third-order valence-corrected chi connectivity index (χ3v) is 3.12. The molecule has 0 bridgehead atoms. The summed E-state index contributed by atoms with van der Waals surface area (Å²) in [6.07, 6.45) is 0.807. The van der Waals surface area contributed by atoms with Crippen molar-refractivity contribution in [2.75, 3.05) is 13.2 Å². The van der Waals surface area contributed by atoms with Crippen molar-refractivity contribution in [3.63, 3.8) is 0 Å². The largest absolute Gasteiger partial charge is 0.486 e. The van der Waals surface area contributed by atoms with Crippen LogP contribution in [0, 0.1) is 4.77 Å². The van der Waals surface area contributed by atoms with Gasteiger partial charge in [0.25, 0.3) is 0 Å². The van der Waals surface area contributed by atoms with E-state index in [0.717, 1.165) is 29.4 Å². The molecule has 0 fully saturated rings. The maximum Gasteiger partial charge on any atom is 0.199 e. The van der Waals surface area contributed by atoms with Gasteiger partial charge in [-0.2, -0.15) is 5.10 Å². The number of aromatic amines is 1. The Bertz CT molecular complexity index is 632. The molecule has 0 atom stereocenters. The van der Waals surface area contributed by atoms with E-state index >= 15 is 0 Å². The van der Waals surface area contributed by atoms with Crippen molar-refractivity contribution >= 4 is 12.2 Å². The maximum absolute atomic E-state index is 5.57. The van der Waals surface area contributed by atoms with E-state index in [-0.39, 0.29) is 0 Å². The van der Waals surface area contributed by atoms with Gasteiger partial charge in [0.05, 0.1) is 5.69 Å². The lowest BCUT2D eigenvalue weighted by molar-refractivity contribution is 0.171. The molecule has 0 radical (unpaired) electrons. The molecule has 1 N–H and O–H groups in total. The number of ether oxygens (including phenoxy) is 2. The van der Waals surface area contributed by atoms with Gasteiger partial charge in [-0.15, -0.1) is 0 Å². The van der Waals surface area contributed by atoms with E-state index in [1.54, 1.807) is 0 Å². The first kappa shape index (κ1) is 11.3. The molecule has 0 saturated heterocycles. The van der Waals surface area contributed by atoms with E-state index in [1.807, 2.05) is 29.7 Å². The number of benzene rings is 1. The third kappa shape index (κ3) is 1.78. The predicted molar refractivity (Wildman–Crippen MR) is 69.1 cm³/mol. The minimum absolute atomic E-state index is 0.577. The Morgan fingerprint density at radius 2 is 2.11 bits per heavy atom. The highest BCUT2D eigenvalue weighted by Gasteiger charge is 2.14. The highest BCUT2D eigenvalue weighted by molar-refractivity contribution is 7.71. The quantitative estimate of drug-likeness (QED) is 0.844. The zero-order valence-corrected chi connectivity index (χ0v) is 10.8. The lowest BCUT2D eigenvalue weighted by atomic mass is 10.2. The van der Waals surface area contributed by atoms with Crippen molar-refractivity contribution < 1.29 is 9.47 Å². The first-order chi connectivity index (χ1) is 8.79. The van der Waals surface area contributed by atoms with Gasteiger partial charge in [0, 0.05) is 12.5 Å². The van der Waals surface area contributed by atoms with Crippen LogP contribution in [-0.2, 0) is 6.42 Å². The average Bonchev–Trinajstić information content (AvgIpc) is 2.79. The number of H-pyrrole nitrogens is 1. The SMILES string of the molecule is CCc1n[nH]c(=S)n1-c1ccc2c(c1)OCCO2. The standard InChI is InChI=1S/C12H13N3O2S/c1-2-11-13-14-12(18)15(11)8-3-4-9-10(7-8)17-6-5-16-9/h3-4,7H,2,5-6H2,1H3,(H,14,18). The molecule has 0 spiro atoms. The average molecular weight is 263 g/mol. The summed E-state index contributed by atoms with van der Waals surface area (Å²) < 4.78 is 13.6. The minimum atomic E-state index is 0.577. The van der Waals surface area contributed by atoms with E-state index in [4.69, 9.17) is 21.7 Å². The Morgan fingerprint density at radius 1 is 1.33 bits per heavy atom. The summed E-state index contributed by atoms with van der Waals surface area (Å²) in [5, 5.41) is 7.01. The second-order valence-corrected chi connectivity index (χ2v) is 4.35. The van der Waals surface area contributed by atoms with Crippen LogP contribution in [0.5, 0.6) is 11.5 Å². The molecule has 0 saturated carbocycles. The number of hydrogen-bond acceptors (Lipinski definition) is 4. The van der Waals surface area contributed by atoms with Crippen molar-refractivity contribution in [1.29, 1.82) is 0 Å². The van der Waals surface area contributed by atoms with Gasteiger partial charge in [0.15, 0.2) is 16.3 Å². The van der Waals surface area contributed by atoms with Crippen molar-refractivity contribution in [1.82, 2.24) is 14.8 Å². The Balaban J connectivity index is 2.12.